The molecule has 1 aromatic carbocycles. The molecule has 0 saturated heterocycles. The number of nitriles is 1. The van der Waals surface area contributed by atoms with E-state index in [4.69, 9.17) is 18.9 Å². The lowest BCUT2D eigenvalue weighted by atomic mass is 10.1. The summed E-state index contributed by atoms with van der Waals surface area (Å²) in [7, 11) is 4.61. The predicted octanol–water partition coefficient (Wildman–Crippen LogP) is 1.95. The van der Waals surface area contributed by atoms with Crippen LogP contribution < -0.4 is 19.6 Å². The number of aromatic nitrogens is 1. The van der Waals surface area contributed by atoms with Crippen molar-refractivity contribution in [2.24, 2.45) is 5.10 Å². The second-order valence-corrected chi connectivity index (χ2v) is 5.84. The summed E-state index contributed by atoms with van der Waals surface area (Å²) in [6.45, 7) is 1.66. The van der Waals surface area contributed by atoms with Gasteiger partial charge in [0.05, 0.1) is 27.0 Å². The molecule has 152 valence electrons. The first-order chi connectivity index (χ1) is 14.0. The lowest BCUT2D eigenvalue weighted by Crippen LogP contribution is -2.25. The summed E-state index contributed by atoms with van der Waals surface area (Å²) in [6, 6.07) is 8.99. The number of nitrogens with one attached hydrogen (secondary N) is 1. The largest absolute Gasteiger partial charge is 0.493 e. The van der Waals surface area contributed by atoms with E-state index in [-0.39, 0.29) is 24.7 Å². The molecule has 0 fully saturated rings. The van der Waals surface area contributed by atoms with E-state index in [1.807, 2.05) is 6.07 Å². The van der Waals surface area contributed by atoms with Crippen LogP contribution in [0.4, 0.5) is 0 Å². The Morgan fingerprint density at radius 1 is 1.24 bits per heavy atom. The maximum atomic E-state index is 12.0. The number of hydrogen-bond acceptors (Lipinski definition) is 8. The van der Waals surface area contributed by atoms with Crippen LogP contribution in [-0.2, 0) is 16.1 Å². The fourth-order valence-electron chi connectivity index (χ4n) is 2.48. The Kier molecular flexibility index (Phi) is 7.94. The van der Waals surface area contributed by atoms with Crippen molar-refractivity contribution in [2.75, 3.05) is 27.9 Å². The molecule has 0 atom stereocenters. The van der Waals surface area contributed by atoms with E-state index < -0.39 is 5.91 Å². The number of rotatable bonds is 9. The van der Waals surface area contributed by atoms with Gasteiger partial charge in [0.1, 0.15) is 11.6 Å². The molecule has 0 aliphatic heterocycles. The van der Waals surface area contributed by atoms with Crippen molar-refractivity contribution in [3.8, 4) is 23.4 Å². The Labute approximate surface area is 168 Å². The van der Waals surface area contributed by atoms with E-state index >= 15 is 0 Å². The second kappa shape index (κ2) is 10.6. The molecule has 0 aliphatic rings. The van der Waals surface area contributed by atoms with Crippen molar-refractivity contribution < 1.29 is 23.7 Å². The molecular weight excluding hydrogens is 376 g/mol. The second-order valence-electron chi connectivity index (χ2n) is 5.84. The van der Waals surface area contributed by atoms with Gasteiger partial charge in [0.15, 0.2) is 18.1 Å². The van der Waals surface area contributed by atoms with Crippen molar-refractivity contribution in [3.05, 3.63) is 46.6 Å². The third-order valence-electron chi connectivity index (χ3n) is 3.76. The minimum Gasteiger partial charge on any atom is -0.493 e. The lowest BCUT2D eigenvalue weighted by molar-refractivity contribution is -0.123. The summed E-state index contributed by atoms with van der Waals surface area (Å²) in [4.78, 5) is 16.2. The van der Waals surface area contributed by atoms with Crippen molar-refractivity contribution in [2.45, 2.75) is 13.5 Å². The van der Waals surface area contributed by atoms with Gasteiger partial charge in [0, 0.05) is 18.4 Å². The first-order valence-corrected chi connectivity index (χ1v) is 8.58. The van der Waals surface area contributed by atoms with Crippen molar-refractivity contribution in [1.29, 1.82) is 5.26 Å². The Balaban J connectivity index is 1.99. The molecule has 1 heterocycles. The van der Waals surface area contributed by atoms with Gasteiger partial charge in [-0.15, -0.1) is 0 Å². The molecule has 1 aromatic heterocycles. The first kappa shape index (κ1) is 21.7. The number of aryl methyl sites for hydroxylation is 1. The third-order valence-corrected chi connectivity index (χ3v) is 3.76. The SMILES string of the molecule is COCc1cc(C)nc(OCC(=O)N/N=C/c2ccc(OC)c(OC)c2)c1C#N. The zero-order chi connectivity index (χ0) is 21.2. The lowest BCUT2D eigenvalue weighted by Gasteiger charge is -2.10. The molecule has 0 spiro atoms. The van der Waals surface area contributed by atoms with Gasteiger partial charge in [-0.2, -0.15) is 10.4 Å². The van der Waals surface area contributed by atoms with Gasteiger partial charge >= 0.3 is 0 Å². The van der Waals surface area contributed by atoms with E-state index in [0.29, 0.717) is 28.3 Å². The Hall–Kier alpha value is -3.64. The summed E-state index contributed by atoms with van der Waals surface area (Å²) < 4.78 is 20.9. The van der Waals surface area contributed by atoms with Gasteiger partial charge in [-0.3, -0.25) is 4.79 Å². The zero-order valence-electron chi connectivity index (χ0n) is 16.7. The molecule has 0 radical (unpaired) electrons. The number of ether oxygens (including phenoxy) is 4. The van der Waals surface area contributed by atoms with Gasteiger partial charge in [0.25, 0.3) is 5.91 Å². The number of benzene rings is 1. The standard InChI is InChI=1S/C20H22N4O5/c1-13-7-15(11-26-2)16(9-21)20(23-13)29-12-19(25)24-22-10-14-5-6-17(27-3)18(8-14)28-4/h5-8,10H,11-12H2,1-4H3,(H,24,25)/b22-10+. The monoisotopic (exact) mass is 398 g/mol. The molecule has 2 rings (SSSR count). The summed E-state index contributed by atoms with van der Waals surface area (Å²) >= 11 is 0. The summed E-state index contributed by atoms with van der Waals surface area (Å²) in [5, 5.41) is 13.2. The van der Waals surface area contributed by atoms with E-state index in [1.54, 1.807) is 38.3 Å². The summed E-state index contributed by atoms with van der Waals surface area (Å²) in [5.41, 5.74) is 4.59. The van der Waals surface area contributed by atoms with Crippen molar-refractivity contribution in [3.63, 3.8) is 0 Å². The molecule has 9 heteroatoms. The van der Waals surface area contributed by atoms with Crippen molar-refractivity contribution >= 4 is 12.1 Å². The quantitative estimate of drug-likeness (QED) is 0.507. The fraction of sp³-hybridized carbons (Fsp3) is 0.300. The van der Waals surface area contributed by atoms with Crippen LogP contribution in [0.1, 0.15) is 22.4 Å². The van der Waals surface area contributed by atoms with Crippen LogP contribution in [0.3, 0.4) is 0 Å². The molecular formula is C20H22N4O5. The molecule has 0 bridgehead atoms. The van der Waals surface area contributed by atoms with E-state index in [1.165, 1.54) is 20.4 Å². The fourth-order valence-corrected chi connectivity index (χ4v) is 2.48. The highest BCUT2D eigenvalue weighted by atomic mass is 16.5. The number of hydrazone groups is 1. The molecule has 0 aliphatic carbocycles. The van der Waals surface area contributed by atoms with Crippen LogP contribution in [0.2, 0.25) is 0 Å². The first-order valence-electron chi connectivity index (χ1n) is 8.58. The molecule has 0 unspecified atom stereocenters. The maximum absolute atomic E-state index is 12.0. The van der Waals surface area contributed by atoms with Gasteiger partial charge < -0.3 is 18.9 Å². The zero-order valence-corrected chi connectivity index (χ0v) is 16.7. The molecule has 9 nitrogen and oxygen atoms in total. The minimum atomic E-state index is -0.498. The Bertz CT molecular complexity index is 937. The van der Waals surface area contributed by atoms with Gasteiger partial charge in [-0.1, -0.05) is 0 Å². The number of nitrogens with zero attached hydrogens (tertiary/aromatic N) is 3. The number of carbonyl (C=O) groups excluding carboxylic acids is 1. The van der Waals surface area contributed by atoms with Crippen LogP contribution in [0, 0.1) is 18.3 Å². The van der Waals surface area contributed by atoms with Crippen molar-refractivity contribution in [1.82, 2.24) is 10.4 Å². The van der Waals surface area contributed by atoms with Gasteiger partial charge in [-0.25, -0.2) is 10.4 Å². The Morgan fingerprint density at radius 3 is 2.66 bits per heavy atom. The average molecular weight is 398 g/mol. The smallest absolute Gasteiger partial charge is 0.278 e. The molecule has 2 aromatic rings. The normalized spacial score (nSPS) is 10.4. The maximum Gasteiger partial charge on any atom is 0.278 e. The minimum absolute atomic E-state index is 0.0820. The summed E-state index contributed by atoms with van der Waals surface area (Å²) in [5.74, 6) is 0.724. The van der Waals surface area contributed by atoms with Crippen LogP contribution in [-0.4, -0.2) is 45.0 Å². The van der Waals surface area contributed by atoms with Crippen LogP contribution in [0.5, 0.6) is 17.4 Å². The summed E-state index contributed by atoms with van der Waals surface area (Å²) in [6.07, 6.45) is 1.46. The predicted molar refractivity (Wildman–Crippen MR) is 105 cm³/mol. The number of methoxy groups -OCH3 is 3. The number of hydrogen-bond donors (Lipinski definition) is 1. The van der Waals surface area contributed by atoms with E-state index in [9.17, 15) is 10.1 Å². The Morgan fingerprint density at radius 2 is 2.00 bits per heavy atom. The van der Waals surface area contributed by atoms with Gasteiger partial charge in [0.2, 0.25) is 5.88 Å². The van der Waals surface area contributed by atoms with Gasteiger partial charge in [-0.05, 0) is 36.8 Å². The van der Waals surface area contributed by atoms with Crippen LogP contribution in [0.25, 0.3) is 0 Å². The molecule has 29 heavy (non-hydrogen) atoms. The topological polar surface area (TPSA) is 115 Å². The molecule has 1 amide bonds. The molecule has 1 N–H and O–H groups in total. The van der Waals surface area contributed by atoms with Crippen LogP contribution >= 0.6 is 0 Å². The van der Waals surface area contributed by atoms with Crippen LogP contribution in [0.15, 0.2) is 29.4 Å². The van der Waals surface area contributed by atoms with E-state index in [2.05, 4.69) is 15.5 Å². The number of carbonyl (C=O) groups is 1. The number of amides is 1. The van der Waals surface area contributed by atoms with E-state index in [0.717, 1.165) is 0 Å². The number of pyridine rings is 1. The molecule has 0 saturated carbocycles. The third kappa shape index (κ3) is 5.92. The highest BCUT2D eigenvalue weighted by Crippen LogP contribution is 2.26. The highest BCUT2D eigenvalue weighted by Gasteiger charge is 2.14. The highest BCUT2D eigenvalue weighted by molar-refractivity contribution is 5.83. The average Bonchev–Trinajstić information content (AvgIpc) is 2.72.